The van der Waals surface area contributed by atoms with E-state index >= 15 is 0 Å². The van der Waals surface area contributed by atoms with Crippen LogP contribution < -0.4 is 0 Å². The fraction of sp³-hybridized carbons (Fsp3) is 0.423. The number of hydrogen-bond acceptors (Lipinski definition) is 6. The maximum absolute atomic E-state index is 13.3. The van der Waals surface area contributed by atoms with Gasteiger partial charge in [0.1, 0.15) is 0 Å². The second-order valence-electron chi connectivity index (χ2n) is 9.09. The van der Waals surface area contributed by atoms with E-state index in [1.165, 1.54) is 35.5 Å². The zero-order chi connectivity index (χ0) is 25.1. The zero-order valence-corrected chi connectivity index (χ0v) is 20.6. The maximum atomic E-state index is 13.3. The predicted octanol–water partition coefficient (Wildman–Crippen LogP) is 2.78. The van der Waals surface area contributed by atoms with E-state index in [9.17, 15) is 22.8 Å². The van der Waals surface area contributed by atoms with Crippen LogP contribution >= 0.6 is 0 Å². The van der Waals surface area contributed by atoms with E-state index in [1.54, 1.807) is 4.90 Å². The van der Waals surface area contributed by atoms with Crippen LogP contribution in [0, 0.1) is 0 Å². The van der Waals surface area contributed by atoms with Crippen molar-refractivity contribution < 1.29 is 27.5 Å². The van der Waals surface area contributed by atoms with E-state index in [-0.39, 0.29) is 16.4 Å². The number of esters is 1. The molecule has 1 amide bonds. The topological polar surface area (TPSA) is 101 Å². The maximum Gasteiger partial charge on any atom is 0.317 e. The molecule has 0 aromatic heterocycles. The van der Waals surface area contributed by atoms with Gasteiger partial charge in [0.05, 0.1) is 10.3 Å². The second-order valence-corrected chi connectivity index (χ2v) is 11.0. The van der Waals surface area contributed by atoms with E-state index in [4.69, 9.17) is 4.74 Å². The lowest BCUT2D eigenvalue weighted by Gasteiger charge is -2.40. The average molecular weight is 499 g/mol. The molecule has 0 bridgehead atoms. The third-order valence-corrected chi connectivity index (χ3v) is 8.91. The molecule has 0 unspecified atom stereocenters. The highest BCUT2D eigenvalue weighted by Gasteiger charge is 2.45. The number of carbonyl (C=O) groups is 3. The summed E-state index contributed by atoms with van der Waals surface area (Å²) >= 11 is 0. The number of benzene rings is 2. The largest absolute Gasteiger partial charge is 0.457 e. The summed E-state index contributed by atoms with van der Waals surface area (Å²) in [5.41, 5.74) is 0.150. The van der Waals surface area contributed by atoms with Gasteiger partial charge in [0.2, 0.25) is 15.9 Å². The molecular weight excluding hydrogens is 468 g/mol. The minimum absolute atomic E-state index is 0.0367. The number of amides is 1. The molecule has 0 radical (unpaired) electrons. The summed E-state index contributed by atoms with van der Waals surface area (Å²) in [7, 11) is -3.56. The van der Waals surface area contributed by atoms with Gasteiger partial charge in [-0.05, 0) is 55.5 Å². The molecule has 0 aliphatic carbocycles. The fourth-order valence-electron chi connectivity index (χ4n) is 4.81. The molecule has 4 rings (SSSR count). The van der Waals surface area contributed by atoms with Gasteiger partial charge in [-0.15, -0.1) is 0 Å². The lowest BCUT2D eigenvalue weighted by Crippen LogP contribution is -2.49. The van der Waals surface area contributed by atoms with E-state index in [0.29, 0.717) is 39.0 Å². The Morgan fingerprint density at radius 2 is 1.49 bits per heavy atom. The molecule has 0 atom stereocenters. The van der Waals surface area contributed by atoms with E-state index in [0.717, 1.165) is 18.4 Å². The first-order valence-corrected chi connectivity index (χ1v) is 13.3. The molecule has 0 saturated carbocycles. The Kier molecular flexibility index (Phi) is 7.37. The van der Waals surface area contributed by atoms with Crippen molar-refractivity contribution in [2.24, 2.45) is 0 Å². The molecule has 0 spiro atoms. The summed E-state index contributed by atoms with van der Waals surface area (Å²) in [5, 5.41) is 0. The van der Waals surface area contributed by atoms with Gasteiger partial charge in [-0.1, -0.05) is 30.3 Å². The predicted molar refractivity (Wildman–Crippen MR) is 129 cm³/mol. The van der Waals surface area contributed by atoms with E-state index < -0.39 is 33.8 Å². The number of carbonyl (C=O) groups excluding carboxylic acids is 3. The van der Waals surface area contributed by atoms with Gasteiger partial charge in [0.15, 0.2) is 12.4 Å². The Bertz CT molecular complexity index is 1180. The molecule has 2 aromatic rings. The Morgan fingerprint density at radius 1 is 0.886 bits per heavy atom. The molecule has 9 heteroatoms. The minimum Gasteiger partial charge on any atom is -0.457 e. The van der Waals surface area contributed by atoms with Crippen molar-refractivity contribution >= 4 is 27.7 Å². The van der Waals surface area contributed by atoms with Crippen LogP contribution in [0.3, 0.4) is 0 Å². The van der Waals surface area contributed by atoms with E-state index in [2.05, 4.69) is 0 Å². The third-order valence-electron chi connectivity index (χ3n) is 6.99. The van der Waals surface area contributed by atoms with Gasteiger partial charge >= 0.3 is 5.97 Å². The van der Waals surface area contributed by atoms with Gasteiger partial charge in [-0.2, -0.15) is 4.31 Å². The average Bonchev–Trinajstić information content (AvgIpc) is 3.44. The quantitative estimate of drug-likeness (QED) is 0.430. The Labute approximate surface area is 205 Å². The van der Waals surface area contributed by atoms with Gasteiger partial charge in [0.25, 0.3) is 0 Å². The molecule has 0 N–H and O–H groups in total. The summed E-state index contributed by atoms with van der Waals surface area (Å²) in [5.74, 6) is -0.938. The van der Waals surface area contributed by atoms with Crippen molar-refractivity contribution in [3.63, 3.8) is 0 Å². The number of ether oxygens (including phenoxy) is 1. The highest BCUT2D eigenvalue weighted by molar-refractivity contribution is 7.89. The first-order chi connectivity index (χ1) is 16.7. The third kappa shape index (κ3) is 5.16. The van der Waals surface area contributed by atoms with Crippen LogP contribution in [0.25, 0.3) is 0 Å². The number of Topliss-reactive ketones (excluding diaryl/α,β-unsaturated/α-hetero) is 1. The van der Waals surface area contributed by atoms with Crippen molar-refractivity contribution in [1.82, 2.24) is 9.21 Å². The minimum atomic E-state index is -3.56. The molecule has 35 heavy (non-hydrogen) atoms. The van der Waals surface area contributed by atoms with Gasteiger partial charge in [-0.3, -0.25) is 14.4 Å². The van der Waals surface area contributed by atoms with Crippen LogP contribution in [-0.4, -0.2) is 68.1 Å². The zero-order valence-electron chi connectivity index (χ0n) is 19.8. The van der Waals surface area contributed by atoms with Crippen LogP contribution in [0.5, 0.6) is 0 Å². The molecule has 2 aliphatic rings. The number of hydrogen-bond donors (Lipinski definition) is 0. The lowest BCUT2D eigenvalue weighted by atomic mass is 9.72. The van der Waals surface area contributed by atoms with Crippen molar-refractivity contribution in [3.8, 4) is 0 Å². The Balaban J connectivity index is 1.44. The van der Waals surface area contributed by atoms with Crippen LogP contribution in [0.2, 0.25) is 0 Å². The van der Waals surface area contributed by atoms with Crippen LogP contribution in [0.4, 0.5) is 0 Å². The van der Waals surface area contributed by atoms with Gasteiger partial charge < -0.3 is 9.64 Å². The first kappa shape index (κ1) is 25.1. The molecular formula is C26H30N2O6S. The summed E-state index contributed by atoms with van der Waals surface area (Å²) in [6, 6.07) is 15.1. The lowest BCUT2D eigenvalue weighted by molar-refractivity contribution is -0.153. The summed E-state index contributed by atoms with van der Waals surface area (Å²) in [6.07, 6.45) is 2.51. The molecule has 2 saturated heterocycles. The number of piperidine rings is 1. The fourth-order valence-corrected chi connectivity index (χ4v) is 6.33. The number of rotatable bonds is 7. The summed E-state index contributed by atoms with van der Waals surface area (Å²) < 4.78 is 32.3. The molecule has 2 heterocycles. The SMILES string of the molecule is CC(=O)N1CCC(C(=O)OCC(=O)c2ccc(S(=O)(=O)N3CCCC3)cc2)(c2ccccc2)CC1. The monoisotopic (exact) mass is 498 g/mol. The number of nitrogens with zero attached hydrogens (tertiary/aromatic N) is 2. The highest BCUT2D eigenvalue weighted by atomic mass is 32.2. The van der Waals surface area contributed by atoms with Crippen LogP contribution in [0.1, 0.15) is 48.5 Å². The van der Waals surface area contributed by atoms with E-state index in [1.807, 2.05) is 30.3 Å². The smallest absolute Gasteiger partial charge is 0.317 e. The van der Waals surface area contributed by atoms with Crippen molar-refractivity contribution in [2.45, 2.75) is 42.9 Å². The molecule has 186 valence electrons. The number of sulfonamides is 1. The van der Waals surface area contributed by atoms with Crippen molar-refractivity contribution in [2.75, 3.05) is 32.8 Å². The number of ketones is 1. The molecule has 2 aliphatic heterocycles. The number of likely N-dealkylation sites (tertiary alicyclic amines) is 1. The Hall–Kier alpha value is -3.04. The first-order valence-electron chi connectivity index (χ1n) is 11.9. The van der Waals surface area contributed by atoms with Crippen LogP contribution in [0.15, 0.2) is 59.5 Å². The summed E-state index contributed by atoms with van der Waals surface area (Å²) in [4.78, 5) is 39.7. The molecule has 2 fully saturated rings. The summed E-state index contributed by atoms with van der Waals surface area (Å²) in [6.45, 7) is 2.94. The standard InChI is InChI=1S/C26H30N2O6S/c1-20(29)27-17-13-26(14-18-27,22-7-3-2-4-8-22)25(31)34-19-24(30)21-9-11-23(12-10-21)35(32,33)28-15-5-6-16-28/h2-4,7-12H,5-6,13-19H2,1H3. The second kappa shape index (κ2) is 10.3. The van der Waals surface area contributed by atoms with Crippen LogP contribution in [-0.2, 0) is 29.8 Å². The van der Waals surface area contributed by atoms with Gasteiger partial charge in [0, 0.05) is 38.7 Å². The highest BCUT2D eigenvalue weighted by Crippen LogP contribution is 2.37. The van der Waals surface area contributed by atoms with Crippen molar-refractivity contribution in [3.05, 3.63) is 65.7 Å². The Morgan fingerprint density at radius 3 is 2.06 bits per heavy atom. The van der Waals surface area contributed by atoms with Gasteiger partial charge in [-0.25, -0.2) is 8.42 Å². The molecule has 2 aromatic carbocycles. The molecule has 8 nitrogen and oxygen atoms in total. The van der Waals surface area contributed by atoms with Crippen molar-refractivity contribution in [1.29, 1.82) is 0 Å². The normalized spacial score (nSPS) is 18.3.